The monoisotopic (exact) mass is 483 g/mol. The van der Waals surface area contributed by atoms with E-state index in [1.54, 1.807) is 11.0 Å². The van der Waals surface area contributed by atoms with E-state index in [-0.39, 0.29) is 30.5 Å². The molecule has 2 aromatic carbocycles. The number of piperidine rings is 1. The summed E-state index contributed by atoms with van der Waals surface area (Å²) in [7, 11) is 0. The molecule has 5 N–H and O–H groups in total. The van der Waals surface area contributed by atoms with Gasteiger partial charge in [-0.05, 0) is 54.9 Å². The Kier molecular flexibility index (Phi) is 9.03. The Morgan fingerprint density at radius 2 is 1.97 bits per heavy atom. The highest BCUT2D eigenvalue weighted by Crippen LogP contribution is 2.44. The predicted octanol–water partition coefficient (Wildman–Crippen LogP) is 3.87. The van der Waals surface area contributed by atoms with Crippen LogP contribution in [0.1, 0.15) is 63.5 Å². The van der Waals surface area contributed by atoms with Gasteiger partial charge in [-0.25, -0.2) is 4.39 Å². The summed E-state index contributed by atoms with van der Waals surface area (Å²) in [5.41, 5.74) is 12.8. The van der Waals surface area contributed by atoms with Gasteiger partial charge >= 0.3 is 0 Å². The van der Waals surface area contributed by atoms with E-state index in [0.29, 0.717) is 49.9 Å². The highest BCUT2D eigenvalue weighted by molar-refractivity contribution is 5.83. The first-order chi connectivity index (χ1) is 16.7. The molecule has 2 unspecified atom stereocenters. The van der Waals surface area contributed by atoms with Crippen LogP contribution < -0.4 is 11.5 Å². The summed E-state index contributed by atoms with van der Waals surface area (Å²) < 4.78 is 15.3. The Morgan fingerprint density at radius 3 is 2.66 bits per heavy atom. The fourth-order valence-electron chi connectivity index (χ4n) is 5.29. The average molecular weight is 484 g/mol. The van der Waals surface area contributed by atoms with E-state index in [9.17, 15) is 14.7 Å². The molecular formula is C28H38FN3O3. The van der Waals surface area contributed by atoms with Crippen molar-refractivity contribution in [2.24, 2.45) is 17.4 Å². The van der Waals surface area contributed by atoms with Crippen molar-refractivity contribution in [3.05, 3.63) is 59.4 Å². The van der Waals surface area contributed by atoms with Crippen LogP contribution >= 0.6 is 0 Å². The van der Waals surface area contributed by atoms with Crippen molar-refractivity contribution in [1.82, 2.24) is 4.90 Å². The first-order valence-corrected chi connectivity index (χ1v) is 12.6. The maximum absolute atomic E-state index is 15.3. The third kappa shape index (κ3) is 6.08. The smallest absolute Gasteiger partial charge is 0.239 e. The van der Waals surface area contributed by atoms with E-state index in [0.717, 1.165) is 17.5 Å². The molecule has 1 aliphatic rings. The molecule has 2 aromatic rings. The van der Waals surface area contributed by atoms with Crippen LogP contribution in [0, 0.1) is 11.7 Å². The first-order valence-electron chi connectivity index (χ1n) is 12.6. The lowest BCUT2D eigenvalue weighted by Gasteiger charge is -2.44. The van der Waals surface area contributed by atoms with Gasteiger partial charge in [0.15, 0.2) is 0 Å². The molecule has 0 bridgehead atoms. The van der Waals surface area contributed by atoms with Crippen molar-refractivity contribution in [3.63, 3.8) is 0 Å². The van der Waals surface area contributed by atoms with E-state index in [1.165, 1.54) is 6.07 Å². The Bertz CT molecular complexity index is 1040. The van der Waals surface area contributed by atoms with Gasteiger partial charge in [-0.15, -0.1) is 0 Å². The number of benzene rings is 2. The molecule has 2 amide bonds. The van der Waals surface area contributed by atoms with Crippen LogP contribution in [0.15, 0.2) is 42.5 Å². The van der Waals surface area contributed by atoms with Gasteiger partial charge in [-0.3, -0.25) is 9.59 Å². The molecule has 35 heavy (non-hydrogen) atoms. The number of carbonyl (C=O) groups excluding carboxylic acids is 2. The number of primary amides is 1. The van der Waals surface area contributed by atoms with E-state index in [2.05, 4.69) is 6.92 Å². The third-order valence-electron chi connectivity index (χ3n) is 7.16. The summed E-state index contributed by atoms with van der Waals surface area (Å²) in [4.78, 5) is 25.8. The number of amides is 2. The maximum Gasteiger partial charge on any atom is 0.239 e. The van der Waals surface area contributed by atoms with Crippen molar-refractivity contribution in [2.45, 2.75) is 70.4 Å². The van der Waals surface area contributed by atoms with Gasteiger partial charge in [-0.2, -0.15) is 0 Å². The summed E-state index contributed by atoms with van der Waals surface area (Å²) in [5.74, 6) is -1.39. The Hall–Kier alpha value is -2.77. The molecule has 0 aliphatic carbocycles. The lowest BCUT2D eigenvalue weighted by molar-refractivity contribution is -0.138. The van der Waals surface area contributed by atoms with E-state index in [4.69, 9.17) is 11.5 Å². The van der Waals surface area contributed by atoms with Crippen molar-refractivity contribution in [1.29, 1.82) is 0 Å². The number of carbonyl (C=O) groups is 2. The van der Waals surface area contributed by atoms with Gasteiger partial charge in [-0.1, -0.05) is 56.7 Å². The Balaban J connectivity index is 1.97. The van der Waals surface area contributed by atoms with E-state index >= 15 is 4.39 Å². The number of halogens is 1. The van der Waals surface area contributed by atoms with Gasteiger partial charge in [0, 0.05) is 31.0 Å². The number of nitrogens with two attached hydrogens (primary N) is 2. The van der Waals surface area contributed by atoms with E-state index < -0.39 is 17.6 Å². The van der Waals surface area contributed by atoms with Crippen molar-refractivity contribution in [2.75, 3.05) is 13.1 Å². The van der Waals surface area contributed by atoms with Crippen LogP contribution in [0.4, 0.5) is 4.39 Å². The van der Waals surface area contributed by atoms with Crippen molar-refractivity contribution in [3.8, 4) is 11.1 Å². The predicted molar refractivity (Wildman–Crippen MR) is 136 cm³/mol. The SMILES string of the molecule is CCCC(O)(c1cccc(F)c1-c1cccc(CC)c1)C1CCCN(C(=O)[C@@H](N)CCC(N)=O)C1. The summed E-state index contributed by atoms with van der Waals surface area (Å²) in [5, 5.41) is 12.2. The van der Waals surface area contributed by atoms with Crippen LogP contribution in [0.25, 0.3) is 11.1 Å². The van der Waals surface area contributed by atoms with Crippen molar-refractivity contribution >= 4 is 11.8 Å². The van der Waals surface area contributed by atoms with Crippen LogP contribution in [-0.2, 0) is 21.6 Å². The third-order valence-corrected chi connectivity index (χ3v) is 7.16. The number of aliphatic hydroxyl groups is 1. The van der Waals surface area contributed by atoms with Gasteiger partial charge in [0.1, 0.15) is 5.82 Å². The molecule has 7 heteroatoms. The van der Waals surface area contributed by atoms with E-state index in [1.807, 2.05) is 37.3 Å². The van der Waals surface area contributed by atoms with Gasteiger partial charge < -0.3 is 21.5 Å². The minimum Gasteiger partial charge on any atom is -0.385 e. The number of rotatable bonds is 10. The standard InChI is InChI=1S/C28H38FN3O3/c1-3-15-28(35,21-10-7-16-32(18-21)27(34)24(30)13-14-25(31)33)22-11-6-12-23(29)26(22)20-9-5-8-19(4-2)17-20/h5-6,8-9,11-12,17,21,24,35H,3-4,7,10,13-16,18,30H2,1-2H3,(H2,31,33)/t21?,24-,28?/m0/s1. The molecule has 1 aliphatic heterocycles. The zero-order valence-corrected chi connectivity index (χ0v) is 20.8. The zero-order valence-electron chi connectivity index (χ0n) is 20.8. The Morgan fingerprint density at radius 1 is 1.23 bits per heavy atom. The second kappa shape index (κ2) is 11.8. The summed E-state index contributed by atoms with van der Waals surface area (Å²) in [6, 6.07) is 11.8. The molecule has 1 heterocycles. The van der Waals surface area contributed by atoms with Gasteiger partial charge in [0.25, 0.3) is 0 Å². The highest BCUT2D eigenvalue weighted by atomic mass is 19.1. The largest absolute Gasteiger partial charge is 0.385 e. The lowest BCUT2D eigenvalue weighted by atomic mass is 9.72. The molecule has 1 fully saturated rings. The molecule has 0 radical (unpaired) electrons. The second-order valence-electron chi connectivity index (χ2n) is 9.63. The maximum atomic E-state index is 15.3. The number of nitrogens with zero attached hydrogens (tertiary/aromatic N) is 1. The summed E-state index contributed by atoms with van der Waals surface area (Å²) >= 11 is 0. The number of likely N-dealkylation sites (tertiary alicyclic amines) is 1. The Labute approximate surface area is 207 Å². The van der Waals surface area contributed by atoms with Crippen LogP contribution in [0.5, 0.6) is 0 Å². The lowest BCUT2D eigenvalue weighted by Crippen LogP contribution is -2.52. The second-order valence-corrected chi connectivity index (χ2v) is 9.63. The zero-order chi connectivity index (χ0) is 25.6. The molecule has 0 aromatic heterocycles. The fourth-order valence-corrected chi connectivity index (χ4v) is 5.29. The van der Waals surface area contributed by atoms with Gasteiger partial charge in [0.05, 0.1) is 11.6 Å². The summed E-state index contributed by atoms with van der Waals surface area (Å²) in [6.07, 6.45) is 3.63. The molecule has 0 spiro atoms. The van der Waals surface area contributed by atoms with Gasteiger partial charge in [0.2, 0.25) is 11.8 Å². The summed E-state index contributed by atoms with van der Waals surface area (Å²) in [6.45, 7) is 4.91. The highest BCUT2D eigenvalue weighted by Gasteiger charge is 2.43. The molecule has 6 nitrogen and oxygen atoms in total. The minimum atomic E-state index is -1.31. The number of hydrogen-bond acceptors (Lipinski definition) is 4. The van der Waals surface area contributed by atoms with Crippen LogP contribution in [0.3, 0.4) is 0 Å². The fraction of sp³-hybridized carbons (Fsp3) is 0.500. The molecular weight excluding hydrogens is 445 g/mol. The molecule has 190 valence electrons. The topological polar surface area (TPSA) is 110 Å². The molecule has 1 saturated heterocycles. The number of hydrogen-bond donors (Lipinski definition) is 3. The minimum absolute atomic E-state index is 0.0490. The normalized spacial score (nSPS) is 18.7. The molecule has 3 atom stereocenters. The molecule has 0 saturated carbocycles. The van der Waals surface area contributed by atoms with Crippen molar-refractivity contribution < 1.29 is 19.1 Å². The average Bonchev–Trinajstić information content (AvgIpc) is 2.86. The quantitative estimate of drug-likeness (QED) is 0.476. The molecule has 3 rings (SSSR count). The van der Waals surface area contributed by atoms with Crippen LogP contribution in [-0.4, -0.2) is 41.0 Å². The van der Waals surface area contributed by atoms with Crippen LogP contribution in [0.2, 0.25) is 0 Å². The first kappa shape index (κ1) is 26.8. The number of aryl methyl sites for hydroxylation is 1.